The number of likely N-dealkylation sites (tertiary alicyclic amines) is 1. The summed E-state index contributed by atoms with van der Waals surface area (Å²) in [6, 6.07) is 8.57. The minimum Gasteiger partial charge on any atom is -0.343 e. The van der Waals surface area contributed by atoms with E-state index >= 15 is 0 Å². The highest BCUT2D eigenvalue weighted by Crippen LogP contribution is 2.23. The molecule has 0 saturated carbocycles. The van der Waals surface area contributed by atoms with E-state index in [-0.39, 0.29) is 18.4 Å². The van der Waals surface area contributed by atoms with E-state index in [9.17, 15) is 4.79 Å². The van der Waals surface area contributed by atoms with Crippen molar-refractivity contribution in [3.63, 3.8) is 0 Å². The lowest BCUT2D eigenvalue weighted by Crippen LogP contribution is -2.42. The molecule has 0 spiro atoms. The molecule has 6 heteroatoms. The standard InChI is InChI=1S/C17H25BrN2OS.ClH/c1-13(19)14-8-10-20(11-9-14)17(21)3-2-12-22-16-6-4-15(18)5-7-16;/h4-7,13-14H,2-3,8-12,19H2,1H3;1H. The molecule has 0 radical (unpaired) electrons. The van der Waals surface area contributed by atoms with Crippen molar-refractivity contribution in [1.82, 2.24) is 4.90 Å². The van der Waals surface area contributed by atoms with Crippen LogP contribution in [0.3, 0.4) is 0 Å². The molecule has 1 amide bonds. The molecule has 1 atom stereocenters. The number of rotatable bonds is 6. The summed E-state index contributed by atoms with van der Waals surface area (Å²) in [4.78, 5) is 15.5. The molecule has 1 saturated heterocycles. The van der Waals surface area contributed by atoms with Gasteiger partial charge in [0, 0.05) is 34.9 Å². The molecule has 0 bridgehead atoms. The van der Waals surface area contributed by atoms with Crippen molar-refractivity contribution in [3.05, 3.63) is 28.7 Å². The third-order valence-corrected chi connectivity index (χ3v) is 5.88. The third kappa shape index (κ3) is 7.04. The van der Waals surface area contributed by atoms with Crippen LogP contribution in [0.4, 0.5) is 0 Å². The van der Waals surface area contributed by atoms with Gasteiger partial charge in [0.25, 0.3) is 0 Å². The molecule has 2 rings (SSSR count). The highest BCUT2D eigenvalue weighted by Gasteiger charge is 2.24. The lowest BCUT2D eigenvalue weighted by molar-refractivity contribution is -0.132. The van der Waals surface area contributed by atoms with E-state index < -0.39 is 0 Å². The molecule has 3 nitrogen and oxygen atoms in total. The maximum absolute atomic E-state index is 12.2. The SMILES string of the molecule is CC(N)C1CCN(C(=O)CCCSc2ccc(Br)cc2)CC1.Cl. The largest absolute Gasteiger partial charge is 0.343 e. The first-order valence-electron chi connectivity index (χ1n) is 7.98. The number of hydrogen-bond donors (Lipinski definition) is 1. The second-order valence-electron chi connectivity index (χ2n) is 5.98. The molecule has 1 fully saturated rings. The van der Waals surface area contributed by atoms with Gasteiger partial charge in [0.2, 0.25) is 5.91 Å². The van der Waals surface area contributed by atoms with E-state index in [2.05, 4.69) is 47.1 Å². The number of thioether (sulfide) groups is 1. The Labute approximate surface area is 158 Å². The Hall–Kier alpha value is -0.230. The molecule has 1 aliphatic rings. The summed E-state index contributed by atoms with van der Waals surface area (Å²) in [6.45, 7) is 3.83. The number of nitrogens with two attached hydrogens (primary N) is 1. The quantitative estimate of drug-likeness (QED) is 0.549. The van der Waals surface area contributed by atoms with Gasteiger partial charge in [0.1, 0.15) is 0 Å². The van der Waals surface area contributed by atoms with Gasteiger partial charge in [-0.15, -0.1) is 24.2 Å². The maximum atomic E-state index is 12.2. The molecule has 23 heavy (non-hydrogen) atoms. The van der Waals surface area contributed by atoms with Crippen molar-refractivity contribution in [2.45, 2.75) is 43.5 Å². The Morgan fingerprint density at radius 2 is 1.96 bits per heavy atom. The molecule has 1 unspecified atom stereocenters. The summed E-state index contributed by atoms with van der Waals surface area (Å²) in [5.41, 5.74) is 5.94. The first-order chi connectivity index (χ1) is 10.6. The van der Waals surface area contributed by atoms with Crippen molar-refractivity contribution < 1.29 is 4.79 Å². The average molecular weight is 422 g/mol. The summed E-state index contributed by atoms with van der Waals surface area (Å²) in [7, 11) is 0. The van der Waals surface area contributed by atoms with Crippen LogP contribution in [0.15, 0.2) is 33.6 Å². The third-order valence-electron chi connectivity index (χ3n) is 4.25. The van der Waals surface area contributed by atoms with Crippen molar-refractivity contribution in [3.8, 4) is 0 Å². The number of benzene rings is 1. The normalized spacial score (nSPS) is 16.7. The van der Waals surface area contributed by atoms with Crippen LogP contribution in [-0.4, -0.2) is 35.7 Å². The minimum atomic E-state index is 0. The van der Waals surface area contributed by atoms with Crippen LogP contribution in [0.25, 0.3) is 0 Å². The molecule has 2 N–H and O–H groups in total. The monoisotopic (exact) mass is 420 g/mol. The van der Waals surface area contributed by atoms with E-state index in [1.165, 1.54) is 4.90 Å². The number of carbonyl (C=O) groups is 1. The van der Waals surface area contributed by atoms with Gasteiger partial charge in [0.05, 0.1) is 0 Å². The Morgan fingerprint density at radius 3 is 2.52 bits per heavy atom. The molecule has 1 aromatic carbocycles. The molecule has 1 heterocycles. The fraction of sp³-hybridized carbons (Fsp3) is 0.588. The van der Waals surface area contributed by atoms with Gasteiger partial charge in [-0.25, -0.2) is 0 Å². The number of amides is 1. The van der Waals surface area contributed by atoms with Crippen LogP contribution in [-0.2, 0) is 4.79 Å². The van der Waals surface area contributed by atoms with E-state index in [4.69, 9.17) is 5.73 Å². The van der Waals surface area contributed by atoms with Crippen LogP contribution in [0, 0.1) is 5.92 Å². The van der Waals surface area contributed by atoms with Gasteiger partial charge in [0.15, 0.2) is 0 Å². The predicted octanol–water partition coefficient (Wildman–Crippen LogP) is 4.33. The average Bonchev–Trinajstić information content (AvgIpc) is 2.53. The van der Waals surface area contributed by atoms with Crippen molar-refractivity contribution >= 4 is 46.0 Å². The highest BCUT2D eigenvalue weighted by molar-refractivity contribution is 9.10. The Balaban J connectivity index is 0.00000264. The second kappa shape index (κ2) is 10.6. The fourth-order valence-corrected chi connectivity index (χ4v) is 3.89. The number of nitrogens with zero attached hydrogens (tertiary/aromatic N) is 1. The Bertz CT molecular complexity index is 476. The summed E-state index contributed by atoms with van der Waals surface area (Å²) >= 11 is 5.25. The number of piperidine rings is 1. The molecule has 130 valence electrons. The van der Waals surface area contributed by atoms with E-state index in [0.29, 0.717) is 18.2 Å². The van der Waals surface area contributed by atoms with Gasteiger partial charge in [-0.05, 0) is 62.1 Å². The Morgan fingerprint density at radius 1 is 1.35 bits per heavy atom. The van der Waals surface area contributed by atoms with Crippen LogP contribution in [0.2, 0.25) is 0 Å². The molecule has 1 aliphatic heterocycles. The topological polar surface area (TPSA) is 46.3 Å². The second-order valence-corrected chi connectivity index (χ2v) is 8.07. The zero-order chi connectivity index (χ0) is 15.9. The smallest absolute Gasteiger partial charge is 0.222 e. The van der Waals surface area contributed by atoms with Gasteiger partial charge in [-0.2, -0.15) is 0 Å². The van der Waals surface area contributed by atoms with Crippen LogP contribution < -0.4 is 5.73 Å². The first kappa shape index (κ1) is 20.8. The summed E-state index contributed by atoms with van der Waals surface area (Å²) < 4.78 is 1.10. The summed E-state index contributed by atoms with van der Waals surface area (Å²) in [5, 5.41) is 0. The molecular formula is C17H26BrClN2OS. The molecular weight excluding hydrogens is 396 g/mol. The lowest BCUT2D eigenvalue weighted by Gasteiger charge is -2.33. The van der Waals surface area contributed by atoms with Gasteiger partial charge in [-0.3, -0.25) is 4.79 Å². The summed E-state index contributed by atoms with van der Waals surface area (Å²) in [6.07, 6.45) is 3.70. The van der Waals surface area contributed by atoms with Crippen molar-refractivity contribution in [1.29, 1.82) is 0 Å². The zero-order valence-electron chi connectivity index (χ0n) is 13.5. The van der Waals surface area contributed by atoms with Crippen molar-refractivity contribution in [2.24, 2.45) is 11.7 Å². The molecule has 0 aromatic heterocycles. The minimum absolute atomic E-state index is 0. The first-order valence-corrected chi connectivity index (χ1v) is 9.76. The summed E-state index contributed by atoms with van der Waals surface area (Å²) in [5.74, 6) is 1.88. The molecule has 1 aromatic rings. The van der Waals surface area contributed by atoms with Crippen LogP contribution in [0.5, 0.6) is 0 Å². The van der Waals surface area contributed by atoms with E-state index in [1.807, 2.05) is 16.7 Å². The number of carbonyl (C=O) groups excluding carboxylic acids is 1. The van der Waals surface area contributed by atoms with Crippen molar-refractivity contribution in [2.75, 3.05) is 18.8 Å². The highest BCUT2D eigenvalue weighted by atomic mass is 79.9. The number of hydrogen-bond acceptors (Lipinski definition) is 3. The Kier molecular flexibility index (Phi) is 9.59. The van der Waals surface area contributed by atoms with Gasteiger partial charge < -0.3 is 10.6 Å². The molecule has 0 aliphatic carbocycles. The number of halogens is 2. The zero-order valence-corrected chi connectivity index (χ0v) is 16.8. The van der Waals surface area contributed by atoms with Gasteiger partial charge in [-0.1, -0.05) is 15.9 Å². The maximum Gasteiger partial charge on any atom is 0.222 e. The predicted molar refractivity (Wildman–Crippen MR) is 104 cm³/mol. The van der Waals surface area contributed by atoms with E-state index in [0.717, 1.165) is 42.6 Å². The lowest BCUT2D eigenvalue weighted by atomic mass is 9.91. The van der Waals surface area contributed by atoms with Crippen LogP contribution in [0.1, 0.15) is 32.6 Å². The fourth-order valence-electron chi connectivity index (χ4n) is 2.78. The van der Waals surface area contributed by atoms with Crippen LogP contribution >= 0.6 is 40.1 Å². The van der Waals surface area contributed by atoms with E-state index in [1.54, 1.807) is 0 Å². The van der Waals surface area contributed by atoms with Gasteiger partial charge >= 0.3 is 0 Å².